The van der Waals surface area contributed by atoms with Gasteiger partial charge in [-0.25, -0.2) is 0 Å². The van der Waals surface area contributed by atoms with Crippen molar-refractivity contribution in [3.05, 3.63) is 53.6 Å². The van der Waals surface area contributed by atoms with Crippen molar-refractivity contribution >= 4 is 5.91 Å². The molecule has 0 spiro atoms. The number of hydrogen-bond acceptors (Lipinski definition) is 4. The minimum Gasteiger partial charge on any atom is -0.491 e. The molecule has 1 amide bonds. The lowest BCUT2D eigenvalue weighted by molar-refractivity contribution is 0.0950. The first-order valence-electron chi connectivity index (χ1n) is 7.55. The van der Waals surface area contributed by atoms with Gasteiger partial charge in [0.15, 0.2) is 11.5 Å². The summed E-state index contributed by atoms with van der Waals surface area (Å²) in [6.45, 7) is 4.57. The van der Waals surface area contributed by atoms with Crippen LogP contribution in [-0.2, 0) is 6.54 Å². The largest absolute Gasteiger partial charge is 0.491 e. The summed E-state index contributed by atoms with van der Waals surface area (Å²) in [4.78, 5) is 12.3. The molecular weight excluding hydrogens is 294 g/mol. The van der Waals surface area contributed by atoms with Gasteiger partial charge in [-0.2, -0.15) is 0 Å². The highest BCUT2D eigenvalue weighted by Crippen LogP contribution is 2.32. The van der Waals surface area contributed by atoms with Crippen LogP contribution in [-0.4, -0.2) is 18.8 Å². The van der Waals surface area contributed by atoms with Gasteiger partial charge < -0.3 is 19.5 Å². The topological polar surface area (TPSA) is 56.8 Å². The van der Waals surface area contributed by atoms with Crippen LogP contribution in [0.3, 0.4) is 0 Å². The Balaban J connectivity index is 1.63. The number of carbonyl (C=O) groups is 1. The Bertz CT molecular complexity index is 712. The smallest absolute Gasteiger partial charge is 0.251 e. The van der Waals surface area contributed by atoms with Crippen LogP contribution in [0.4, 0.5) is 0 Å². The molecule has 0 fully saturated rings. The lowest BCUT2D eigenvalue weighted by Crippen LogP contribution is -2.22. The average Bonchev–Trinajstić information content (AvgIpc) is 3.00. The Morgan fingerprint density at radius 1 is 1.17 bits per heavy atom. The molecule has 1 aliphatic rings. The van der Waals surface area contributed by atoms with E-state index in [1.54, 1.807) is 12.1 Å². The van der Waals surface area contributed by atoms with Gasteiger partial charge in [-0.3, -0.25) is 4.79 Å². The molecule has 120 valence electrons. The first-order valence-corrected chi connectivity index (χ1v) is 7.55. The van der Waals surface area contributed by atoms with E-state index in [0.29, 0.717) is 23.6 Å². The minimum absolute atomic E-state index is 0.0712. The van der Waals surface area contributed by atoms with Crippen LogP contribution in [0, 0.1) is 0 Å². The summed E-state index contributed by atoms with van der Waals surface area (Å²) >= 11 is 0. The maximum atomic E-state index is 12.3. The molecule has 1 aliphatic heterocycles. The highest BCUT2D eigenvalue weighted by molar-refractivity contribution is 5.94. The minimum atomic E-state index is -0.142. The molecule has 0 saturated carbocycles. The van der Waals surface area contributed by atoms with Crippen molar-refractivity contribution in [2.75, 3.05) is 6.79 Å². The standard InChI is InChI=1S/C18H19NO4/c1-12(2)23-15-5-3-4-14(9-15)18(20)19-10-13-6-7-16-17(8-13)22-11-21-16/h3-9,12H,10-11H2,1-2H3,(H,19,20). The number of carbonyl (C=O) groups excluding carboxylic acids is 1. The number of rotatable bonds is 5. The summed E-state index contributed by atoms with van der Waals surface area (Å²) in [5.74, 6) is 2.00. The number of amides is 1. The Labute approximate surface area is 135 Å². The summed E-state index contributed by atoms with van der Waals surface area (Å²) in [5, 5.41) is 2.90. The van der Waals surface area contributed by atoms with Gasteiger partial charge in [0.1, 0.15) is 5.75 Å². The summed E-state index contributed by atoms with van der Waals surface area (Å²) in [5.41, 5.74) is 1.53. The number of ether oxygens (including phenoxy) is 3. The first-order chi connectivity index (χ1) is 11.1. The van der Waals surface area contributed by atoms with E-state index in [4.69, 9.17) is 14.2 Å². The quantitative estimate of drug-likeness (QED) is 0.921. The third kappa shape index (κ3) is 3.74. The predicted molar refractivity (Wildman–Crippen MR) is 85.9 cm³/mol. The van der Waals surface area contributed by atoms with E-state index < -0.39 is 0 Å². The molecule has 0 unspecified atom stereocenters. The molecule has 0 bridgehead atoms. The van der Waals surface area contributed by atoms with E-state index in [1.807, 2.05) is 44.2 Å². The van der Waals surface area contributed by atoms with Gasteiger partial charge >= 0.3 is 0 Å². The van der Waals surface area contributed by atoms with Crippen molar-refractivity contribution in [3.63, 3.8) is 0 Å². The summed E-state index contributed by atoms with van der Waals surface area (Å²) in [6.07, 6.45) is 0.0712. The molecule has 5 heteroatoms. The lowest BCUT2D eigenvalue weighted by atomic mass is 10.1. The van der Waals surface area contributed by atoms with E-state index in [1.165, 1.54) is 0 Å². The average molecular weight is 313 g/mol. The van der Waals surface area contributed by atoms with Crippen molar-refractivity contribution in [1.29, 1.82) is 0 Å². The Morgan fingerprint density at radius 3 is 2.83 bits per heavy atom. The second-order valence-corrected chi connectivity index (χ2v) is 5.56. The molecule has 0 radical (unpaired) electrons. The van der Waals surface area contributed by atoms with Crippen LogP contribution >= 0.6 is 0 Å². The van der Waals surface area contributed by atoms with Crippen LogP contribution in [0.2, 0.25) is 0 Å². The van der Waals surface area contributed by atoms with E-state index >= 15 is 0 Å². The molecule has 1 heterocycles. The highest BCUT2D eigenvalue weighted by Gasteiger charge is 2.14. The monoisotopic (exact) mass is 313 g/mol. The summed E-state index contributed by atoms with van der Waals surface area (Å²) < 4.78 is 16.2. The van der Waals surface area contributed by atoms with Gasteiger partial charge in [-0.1, -0.05) is 12.1 Å². The van der Waals surface area contributed by atoms with Crippen LogP contribution in [0.5, 0.6) is 17.2 Å². The van der Waals surface area contributed by atoms with Crippen LogP contribution < -0.4 is 19.5 Å². The molecule has 5 nitrogen and oxygen atoms in total. The molecule has 2 aromatic carbocycles. The SMILES string of the molecule is CC(C)Oc1cccc(C(=O)NCc2ccc3c(c2)OCO3)c1. The Morgan fingerprint density at radius 2 is 2.00 bits per heavy atom. The molecule has 23 heavy (non-hydrogen) atoms. The maximum Gasteiger partial charge on any atom is 0.251 e. The fourth-order valence-electron chi connectivity index (χ4n) is 2.32. The van der Waals surface area contributed by atoms with Crippen LogP contribution in [0.25, 0.3) is 0 Å². The zero-order valence-corrected chi connectivity index (χ0v) is 13.2. The molecule has 2 aromatic rings. The molecule has 0 saturated heterocycles. The normalized spacial score (nSPS) is 12.3. The molecule has 3 rings (SSSR count). The fraction of sp³-hybridized carbons (Fsp3) is 0.278. The molecule has 0 aliphatic carbocycles. The van der Waals surface area contributed by atoms with E-state index in [2.05, 4.69) is 5.32 Å². The molecule has 0 atom stereocenters. The van der Waals surface area contributed by atoms with Crippen molar-refractivity contribution in [2.24, 2.45) is 0 Å². The van der Waals surface area contributed by atoms with Crippen molar-refractivity contribution in [1.82, 2.24) is 5.32 Å². The third-order valence-electron chi connectivity index (χ3n) is 3.36. The third-order valence-corrected chi connectivity index (χ3v) is 3.36. The fourth-order valence-corrected chi connectivity index (χ4v) is 2.32. The van der Waals surface area contributed by atoms with E-state index in [0.717, 1.165) is 11.3 Å². The van der Waals surface area contributed by atoms with Gasteiger partial charge in [-0.05, 0) is 49.7 Å². The molecule has 1 N–H and O–H groups in total. The maximum absolute atomic E-state index is 12.3. The van der Waals surface area contributed by atoms with Gasteiger partial charge in [0.05, 0.1) is 6.10 Å². The van der Waals surface area contributed by atoms with Gasteiger partial charge in [0.25, 0.3) is 5.91 Å². The van der Waals surface area contributed by atoms with Crippen molar-refractivity contribution < 1.29 is 19.0 Å². The van der Waals surface area contributed by atoms with E-state index in [9.17, 15) is 4.79 Å². The Kier molecular flexibility index (Phi) is 4.37. The second-order valence-electron chi connectivity index (χ2n) is 5.56. The number of benzene rings is 2. The van der Waals surface area contributed by atoms with Gasteiger partial charge in [-0.15, -0.1) is 0 Å². The van der Waals surface area contributed by atoms with Crippen LogP contribution in [0.1, 0.15) is 29.8 Å². The summed E-state index contributed by atoms with van der Waals surface area (Å²) in [6, 6.07) is 12.8. The van der Waals surface area contributed by atoms with Gasteiger partial charge in [0.2, 0.25) is 6.79 Å². The highest BCUT2D eigenvalue weighted by atomic mass is 16.7. The lowest BCUT2D eigenvalue weighted by Gasteiger charge is -2.11. The zero-order chi connectivity index (χ0) is 16.2. The predicted octanol–water partition coefficient (Wildman–Crippen LogP) is 3.13. The van der Waals surface area contributed by atoms with Crippen molar-refractivity contribution in [3.8, 4) is 17.2 Å². The second kappa shape index (κ2) is 6.60. The van der Waals surface area contributed by atoms with Gasteiger partial charge in [0, 0.05) is 12.1 Å². The first kappa shape index (κ1) is 15.2. The Hall–Kier alpha value is -2.69. The van der Waals surface area contributed by atoms with Crippen LogP contribution in [0.15, 0.2) is 42.5 Å². The molecular formula is C18H19NO4. The van der Waals surface area contributed by atoms with E-state index in [-0.39, 0.29) is 18.8 Å². The zero-order valence-electron chi connectivity index (χ0n) is 13.2. The number of nitrogens with one attached hydrogen (secondary N) is 1. The number of fused-ring (bicyclic) bond motifs is 1. The number of hydrogen-bond donors (Lipinski definition) is 1. The molecule has 0 aromatic heterocycles. The van der Waals surface area contributed by atoms with Crippen molar-refractivity contribution in [2.45, 2.75) is 26.5 Å². The summed E-state index contributed by atoms with van der Waals surface area (Å²) in [7, 11) is 0.